The highest BCUT2D eigenvalue weighted by atomic mass is 32.2. The maximum atomic E-state index is 12.6. The molecule has 0 aromatic carbocycles. The van der Waals surface area contributed by atoms with Gasteiger partial charge in [-0.15, -0.1) is 0 Å². The highest BCUT2D eigenvalue weighted by Gasteiger charge is 2.33. The van der Waals surface area contributed by atoms with Crippen LogP contribution in [-0.2, 0) is 21.8 Å². The Bertz CT molecular complexity index is 773. The van der Waals surface area contributed by atoms with Gasteiger partial charge in [0.15, 0.2) is 5.03 Å². The van der Waals surface area contributed by atoms with Crippen LogP contribution in [0.15, 0.2) is 29.8 Å². The smallest absolute Gasteiger partial charge is 0.262 e. The van der Waals surface area contributed by atoms with Crippen molar-refractivity contribution in [2.45, 2.75) is 18.1 Å². The van der Waals surface area contributed by atoms with Gasteiger partial charge in [0, 0.05) is 32.5 Å². The summed E-state index contributed by atoms with van der Waals surface area (Å²) >= 11 is 0. The van der Waals surface area contributed by atoms with Crippen LogP contribution in [0.3, 0.4) is 0 Å². The number of hydrogen-bond donors (Lipinski definition) is 0. The summed E-state index contributed by atoms with van der Waals surface area (Å²) in [6, 6.07) is 1.74. The van der Waals surface area contributed by atoms with Crippen LogP contribution in [0.5, 0.6) is 0 Å². The van der Waals surface area contributed by atoms with E-state index in [-0.39, 0.29) is 11.6 Å². The molecule has 0 bridgehead atoms. The van der Waals surface area contributed by atoms with Crippen LogP contribution in [0, 0.1) is 6.92 Å². The zero-order chi connectivity index (χ0) is 15.7. The van der Waals surface area contributed by atoms with Gasteiger partial charge < -0.3 is 9.30 Å². The second-order valence-electron chi connectivity index (χ2n) is 5.13. The van der Waals surface area contributed by atoms with E-state index in [0.29, 0.717) is 24.7 Å². The molecule has 2 aromatic rings. The molecule has 118 valence electrons. The van der Waals surface area contributed by atoms with Gasteiger partial charge in [-0.05, 0) is 13.0 Å². The molecule has 0 amide bonds. The Balaban J connectivity index is 1.84. The highest BCUT2D eigenvalue weighted by Crippen LogP contribution is 2.24. The Labute approximate surface area is 128 Å². The number of nitrogens with zero attached hydrogens (tertiary/aromatic N) is 5. The van der Waals surface area contributed by atoms with Gasteiger partial charge in [-0.1, -0.05) is 0 Å². The molecule has 0 aliphatic carbocycles. The minimum atomic E-state index is -3.61. The van der Waals surface area contributed by atoms with Crippen molar-refractivity contribution in [2.75, 3.05) is 19.7 Å². The Hall–Kier alpha value is -1.84. The summed E-state index contributed by atoms with van der Waals surface area (Å²) in [4.78, 5) is 12.3. The molecule has 3 rings (SSSR count). The Morgan fingerprint density at radius 1 is 1.36 bits per heavy atom. The van der Waals surface area contributed by atoms with Crippen molar-refractivity contribution in [3.05, 3.63) is 36.3 Å². The van der Waals surface area contributed by atoms with Crippen molar-refractivity contribution >= 4 is 10.0 Å². The Morgan fingerprint density at radius 2 is 2.18 bits per heavy atom. The normalized spacial score (nSPS) is 20.2. The first-order valence-electron chi connectivity index (χ1n) is 6.86. The Kier molecular flexibility index (Phi) is 3.94. The maximum absolute atomic E-state index is 12.6. The highest BCUT2D eigenvalue weighted by molar-refractivity contribution is 7.89. The monoisotopic (exact) mass is 323 g/mol. The summed E-state index contributed by atoms with van der Waals surface area (Å²) in [5.74, 6) is 0.630. The van der Waals surface area contributed by atoms with Crippen LogP contribution < -0.4 is 0 Å². The van der Waals surface area contributed by atoms with Crippen molar-refractivity contribution in [1.82, 2.24) is 23.8 Å². The van der Waals surface area contributed by atoms with Crippen LogP contribution in [0.4, 0.5) is 0 Å². The molecule has 9 heteroatoms. The summed E-state index contributed by atoms with van der Waals surface area (Å²) in [7, 11) is -1.88. The second kappa shape index (κ2) is 5.75. The minimum absolute atomic E-state index is 0.0505. The Morgan fingerprint density at radius 3 is 2.86 bits per heavy atom. The molecule has 1 saturated heterocycles. The number of imidazole rings is 1. The summed E-state index contributed by atoms with van der Waals surface area (Å²) in [5, 5.41) is 0.0505. The average Bonchev–Trinajstić information content (AvgIpc) is 2.95. The van der Waals surface area contributed by atoms with E-state index in [1.165, 1.54) is 16.8 Å². The molecule has 1 aliphatic rings. The first kappa shape index (κ1) is 15.1. The molecule has 0 unspecified atom stereocenters. The van der Waals surface area contributed by atoms with Crippen LogP contribution in [0.25, 0.3) is 0 Å². The van der Waals surface area contributed by atoms with Gasteiger partial charge in [-0.25, -0.2) is 23.4 Å². The molecule has 3 heterocycles. The molecular weight excluding hydrogens is 306 g/mol. The number of aryl methyl sites for hydroxylation is 2. The van der Waals surface area contributed by atoms with Gasteiger partial charge in [-0.3, -0.25) is 0 Å². The lowest BCUT2D eigenvalue weighted by Gasteiger charge is -2.31. The molecular formula is C13H17N5O3S. The average molecular weight is 323 g/mol. The van der Waals surface area contributed by atoms with Crippen LogP contribution in [0.1, 0.15) is 17.6 Å². The molecule has 0 radical (unpaired) electrons. The van der Waals surface area contributed by atoms with Crippen molar-refractivity contribution in [3.8, 4) is 0 Å². The standard InChI is InChI=1S/C13H17N5O3S/c1-10-14-4-3-11(16-10)12-7-18(5-6-21-12)22(19,20)13-8-17(2)9-15-13/h3-4,8-9,12H,5-7H2,1-2H3/t12-/m0/s1. The predicted molar refractivity (Wildman–Crippen MR) is 77.4 cm³/mol. The maximum Gasteiger partial charge on any atom is 0.262 e. The molecule has 1 atom stereocenters. The molecule has 0 saturated carbocycles. The number of aromatic nitrogens is 4. The van der Waals surface area contributed by atoms with E-state index in [4.69, 9.17) is 4.74 Å². The molecule has 1 aliphatic heterocycles. The predicted octanol–water partition coefficient (Wildman–Crippen LogP) is 0.281. The van der Waals surface area contributed by atoms with E-state index in [2.05, 4.69) is 15.0 Å². The number of morpholine rings is 1. The van der Waals surface area contributed by atoms with Crippen LogP contribution in [0.2, 0.25) is 0 Å². The molecule has 8 nitrogen and oxygen atoms in total. The fraction of sp³-hybridized carbons (Fsp3) is 0.462. The van der Waals surface area contributed by atoms with E-state index < -0.39 is 16.1 Å². The van der Waals surface area contributed by atoms with E-state index in [0.717, 1.165) is 0 Å². The molecule has 2 aromatic heterocycles. The van der Waals surface area contributed by atoms with E-state index >= 15 is 0 Å². The third kappa shape index (κ3) is 2.87. The van der Waals surface area contributed by atoms with Crippen molar-refractivity contribution in [1.29, 1.82) is 0 Å². The van der Waals surface area contributed by atoms with E-state index in [1.807, 2.05) is 0 Å². The summed E-state index contributed by atoms with van der Waals surface area (Å²) in [5.41, 5.74) is 0.688. The lowest BCUT2D eigenvalue weighted by Crippen LogP contribution is -2.42. The van der Waals surface area contributed by atoms with E-state index in [9.17, 15) is 8.42 Å². The van der Waals surface area contributed by atoms with Crippen molar-refractivity contribution in [2.24, 2.45) is 7.05 Å². The van der Waals surface area contributed by atoms with Crippen molar-refractivity contribution in [3.63, 3.8) is 0 Å². The van der Waals surface area contributed by atoms with Gasteiger partial charge in [0.1, 0.15) is 11.9 Å². The van der Waals surface area contributed by atoms with E-state index in [1.54, 1.807) is 30.8 Å². The lowest BCUT2D eigenvalue weighted by atomic mass is 10.2. The summed E-state index contributed by atoms with van der Waals surface area (Å²) in [6.07, 6.45) is 4.22. The summed E-state index contributed by atoms with van der Waals surface area (Å²) in [6.45, 7) is 2.63. The van der Waals surface area contributed by atoms with Crippen LogP contribution in [-0.4, -0.2) is 51.9 Å². The number of ether oxygens (including phenoxy) is 1. The number of rotatable bonds is 3. The van der Waals surface area contributed by atoms with Gasteiger partial charge in [-0.2, -0.15) is 4.31 Å². The number of sulfonamides is 1. The zero-order valence-corrected chi connectivity index (χ0v) is 13.2. The minimum Gasteiger partial charge on any atom is -0.369 e. The van der Waals surface area contributed by atoms with Gasteiger partial charge >= 0.3 is 0 Å². The second-order valence-corrected chi connectivity index (χ2v) is 7.01. The topological polar surface area (TPSA) is 90.2 Å². The molecule has 22 heavy (non-hydrogen) atoms. The van der Waals surface area contributed by atoms with Crippen molar-refractivity contribution < 1.29 is 13.2 Å². The fourth-order valence-electron chi connectivity index (χ4n) is 2.33. The molecule has 1 fully saturated rings. The largest absolute Gasteiger partial charge is 0.369 e. The SMILES string of the molecule is Cc1nccc([C@@H]2CN(S(=O)(=O)c3cn(C)cn3)CCO2)n1. The summed E-state index contributed by atoms with van der Waals surface area (Å²) < 4.78 is 33.9. The quantitative estimate of drug-likeness (QED) is 0.806. The fourth-order valence-corrected chi connectivity index (χ4v) is 3.72. The van der Waals surface area contributed by atoms with Gasteiger partial charge in [0.05, 0.1) is 18.6 Å². The first-order valence-corrected chi connectivity index (χ1v) is 8.30. The van der Waals surface area contributed by atoms with Gasteiger partial charge in [0.2, 0.25) is 0 Å². The molecule has 0 spiro atoms. The van der Waals surface area contributed by atoms with Crippen LogP contribution >= 0.6 is 0 Å². The lowest BCUT2D eigenvalue weighted by molar-refractivity contribution is -0.00515. The third-order valence-corrected chi connectivity index (χ3v) is 5.19. The first-order chi connectivity index (χ1) is 10.5. The third-order valence-electron chi connectivity index (χ3n) is 3.44. The number of hydrogen-bond acceptors (Lipinski definition) is 6. The van der Waals surface area contributed by atoms with Gasteiger partial charge in [0.25, 0.3) is 10.0 Å². The molecule has 0 N–H and O–H groups in total. The zero-order valence-electron chi connectivity index (χ0n) is 12.4.